The van der Waals surface area contributed by atoms with Gasteiger partial charge in [-0.1, -0.05) is 0 Å². The quantitative estimate of drug-likeness (QED) is 0.573. The molecule has 0 aromatic heterocycles. The van der Waals surface area contributed by atoms with Crippen molar-refractivity contribution in [1.82, 2.24) is 16.0 Å². The van der Waals surface area contributed by atoms with Crippen LogP contribution in [0.25, 0.3) is 0 Å². The van der Waals surface area contributed by atoms with Gasteiger partial charge in [-0.25, -0.2) is 9.18 Å². The van der Waals surface area contributed by atoms with Crippen LogP contribution in [0, 0.1) is 5.82 Å². The van der Waals surface area contributed by atoms with Crippen LogP contribution in [0.1, 0.15) is 30.1 Å². The lowest BCUT2D eigenvalue weighted by Crippen LogP contribution is -2.37. The summed E-state index contributed by atoms with van der Waals surface area (Å²) in [4.78, 5) is 23.2. The summed E-state index contributed by atoms with van der Waals surface area (Å²) in [6, 6.07) is 5.11. The van der Waals surface area contributed by atoms with Crippen LogP contribution >= 0.6 is 0 Å². The Kier molecular flexibility index (Phi) is 9.38. The molecular formula is C16H24FN3O3. The number of rotatable bonds is 10. The molecule has 23 heavy (non-hydrogen) atoms. The van der Waals surface area contributed by atoms with Crippen molar-refractivity contribution in [2.24, 2.45) is 0 Å². The summed E-state index contributed by atoms with van der Waals surface area (Å²) in [6.45, 7) is 4.69. The number of carbonyl (C=O) groups excluding carboxylic acids is 2. The van der Waals surface area contributed by atoms with Crippen molar-refractivity contribution < 1.29 is 18.7 Å². The molecule has 0 radical (unpaired) electrons. The molecule has 0 fully saturated rings. The maximum Gasteiger partial charge on any atom is 0.314 e. The van der Waals surface area contributed by atoms with Crippen LogP contribution in [0.3, 0.4) is 0 Å². The second kappa shape index (κ2) is 11.4. The van der Waals surface area contributed by atoms with Gasteiger partial charge >= 0.3 is 6.03 Å². The van der Waals surface area contributed by atoms with Crippen LogP contribution in [-0.2, 0) is 4.74 Å². The van der Waals surface area contributed by atoms with E-state index in [0.29, 0.717) is 44.8 Å². The Hall–Kier alpha value is -2.15. The summed E-state index contributed by atoms with van der Waals surface area (Å²) in [7, 11) is 0. The number of nitrogens with one attached hydrogen (secondary N) is 3. The molecule has 1 aromatic carbocycles. The highest BCUT2D eigenvalue weighted by molar-refractivity contribution is 5.94. The Morgan fingerprint density at radius 3 is 2.26 bits per heavy atom. The highest BCUT2D eigenvalue weighted by Crippen LogP contribution is 2.02. The van der Waals surface area contributed by atoms with Crippen molar-refractivity contribution in [2.75, 3.05) is 32.8 Å². The average Bonchev–Trinajstić information content (AvgIpc) is 2.54. The summed E-state index contributed by atoms with van der Waals surface area (Å²) >= 11 is 0. The minimum Gasteiger partial charge on any atom is -0.382 e. The standard InChI is InChI=1S/C16H24FN3O3/c1-2-23-12-4-11-20-16(22)19-10-3-9-18-15(21)13-5-7-14(17)8-6-13/h5-8H,2-4,9-12H2,1H3,(H,18,21)(H2,19,20,22). The van der Waals surface area contributed by atoms with E-state index in [1.165, 1.54) is 24.3 Å². The summed E-state index contributed by atoms with van der Waals surface area (Å²) < 4.78 is 17.9. The van der Waals surface area contributed by atoms with Crippen LogP contribution in [0.4, 0.5) is 9.18 Å². The van der Waals surface area contributed by atoms with Crippen LogP contribution < -0.4 is 16.0 Å². The van der Waals surface area contributed by atoms with Crippen LogP contribution in [-0.4, -0.2) is 44.8 Å². The number of ether oxygens (including phenoxy) is 1. The van der Waals surface area contributed by atoms with Crippen molar-refractivity contribution >= 4 is 11.9 Å². The third-order valence-corrected chi connectivity index (χ3v) is 2.99. The molecule has 6 nitrogen and oxygen atoms in total. The molecule has 128 valence electrons. The van der Waals surface area contributed by atoms with E-state index in [1.54, 1.807) is 0 Å². The molecule has 0 saturated heterocycles. The second-order valence-electron chi connectivity index (χ2n) is 4.85. The molecule has 3 amide bonds. The molecule has 3 N–H and O–H groups in total. The lowest BCUT2D eigenvalue weighted by atomic mass is 10.2. The Balaban J connectivity index is 2.03. The molecule has 0 aliphatic rings. The van der Waals surface area contributed by atoms with Gasteiger partial charge in [-0.2, -0.15) is 0 Å². The summed E-state index contributed by atoms with van der Waals surface area (Å²) in [5.41, 5.74) is 0.409. The van der Waals surface area contributed by atoms with Gasteiger partial charge < -0.3 is 20.7 Å². The lowest BCUT2D eigenvalue weighted by molar-refractivity contribution is 0.0953. The van der Waals surface area contributed by atoms with E-state index in [4.69, 9.17) is 4.74 Å². The number of hydrogen-bond donors (Lipinski definition) is 3. The van der Waals surface area contributed by atoms with E-state index in [0.717, 1.165) is 6.42 Å². The van der Waals surface area contributed by atoms with Gasteiger partial charge in [0, 0.05) is 38.4 Å². The van der Waals surface area contributed by atoms with Gasteiger partial charge in [0.1, 0.15) is 5.82 Å². The van der Waals surface area contributed by atoms with Gasteiger partial charge in [0.15, 0.2) is 0 Å². The number of halogens is 1. The van der Waals surface area contributed by atoms with Gasteiger partial charge in [0.05, 0.1) is 0 Å². The van der Waals surface area contributed by atoms with Crippen LogP contribution in [0.2, 0.25) is 0 Å². The summed E-state index contributed by atoms with van der Waals surface area (Å²) in [6.07, 6.45) is 1.38. The molecule has 7 heteroatoms. The minimum atomic E-state index is -0.377. The first-order chi connectivity index (χ1) is 11.1. The molecule has 0 bridgehead atoms. The number of amides is 3. The molecule has 0 spiro atoms. The van der Waals surface area contributed by atoms with Crippen molar-refractivity contribution in [3.63, 3.8) is 0 Å². The van der Waals surface area contributed by atoms with Gasteiger partial charge in [0.25, 0.3) is 5.91 Å². The fourth-order valence-corrected chi connectivity index (χ4v) is 1.78. The summed E-state index contributed by atoms with van der Waals surface area (Å²) in [5.74, 6) is -0.636. The van der Waals surface area contributed by atoms with Crippen LogP contribution in [0.5, 0.6) is 0 Å². The maximum absolute atomic E-state index is 12.7. The van der Waals surface area contributed by atoms with Gasteiger partial charge in [-0.15, -0.1) is 0 Å². The maximum atomic E-state index is 12.7. The Labute approximate surface area is 135 Å². The zero-order valence-corrected chi connectivity index (χ0v) is 13.4. The third-order valence-electron chi connectivity index (χ3n) is 2.99. The van der Waals surface area contributed by atoms with Crippen molar-refractivity contribution in [2.45, 2.75) is 19.8 Å². The molecule has 0 saturated carbocycles. The second-order valence-corrected chi connectivity index (χ2v) is 4.85. The van der Waals surface area contributed by atoms with Gasteiger partial charge in [0.2, 0.25) is 0 Å². The molecule has 0 atom stereocenters. The molecule has 1 aromatic rings. The fraction of sp³-hybridized carbons (Fsp3) is 0.500. The molecule has 0 aliphatic carbocycles. The van der Waals surface area contributed by atoms with Crippen molar-refractivity contribution in [1.29, 1.82) is 0 Å². The van der Waals surface area contributed by atoms with Gasteiger partial charge in [-0.3, -0.25) is 4.79 Å². The molecule has 0 aliphatic heterocycles. The SMILES string of the molecule is CCOCCCNC(=O)NCCCNC(=O)c1ccc(F)cc1. The van der Waals surface area contributed by atoms with E-state index in [1.807, 2.05) is 6.92 Å². The van der Waals surface area contributed by atoms with E-state index < -0.39 is 0 Å². The molecular weight excluding hydrogens is 301 g/mol. The number of hydrogen-bond acceptors (Lipinski definition) is 3. The number of urea groups is 1. The predicted molar refractivity (Wildman–Crippen MR) is 85.9 cm³/mol. The third kappa shape index (κ3) is 8.77. The molecule has 0 unspecified atom stereocenters. The number of carbonyl (C=O) groups is 2. The first-order valence-corrected chi connectivity index (χ1v) is 7.76. The first kappa shape index (κ1) is 18.9. The largest absolute Gasteiger partial charge is 0.382 e. The van der Waals surface area contributed by atoms with E-state index >= 15 is 0 Å². The fourth-order valence-electron chi connectivity index (χ4n) is 1.78. The van der Waals surface area contributed by atoms with Gasteiger partial charge in [-0.05, 0) is 44.0 Å². The molecule has 0 heterocycles. The van der Waals surface area contributed by atoms with Crippen LogP contribution in [0.15, 0.2) is 24.3 Å². The average molecular weight is 325 g/mol. The normalized spacial score (nSPS) is 10.2. The lowest BCUT2D eigenvalue weighted by Gasteiger charge is -2.08. The smallest absolute Gasteiger partial charge is 0.314 e. The summed E-state index contributed by atoms with van der Waals surface area (Å²) in [5, 5.41) is 8.13. The monoisotopic (exact) mass is 325 g/mol. The predicted octanol–water partition coefficient (Wildman–Crippen LogP) is 1.67. The van der Waals surface area contributed by atoms with Crippen molar-refractivity contribution in [3.05, 3.63) is 35.6 Å². The zero-order valence-electron chi connectivity index (χ0n) is 13.4. The first-order valence-electron chi connectivity index (χ1n) is 7.76. The van der Waals surface area contributed by atoms with E-state index in [9.17, 15) is 14.0 Å². The topological polar surface area (TPSA) is 79.5 Å². The number of benzene rings is 1. The zero-order chi connectivity index (χ0) is 16.9. The Morgan fingerprint density at radius 2 is 1.61 bits per heavy atom. The highest BCUT2D eigenvalue weighted by atomic mass is 19.1. The van der Waals surface area contributed by atoms with E-state index in [2.05, 4.69) is 16.0 Å². The Morgan fingerprint density at radius 1 is 1.00 bits per heavy atom. The minimum absolute atomic E-state index is 0.230. The van der Waals surface area contributed by atoms with Crippen molar-refractivity contribution in [3.8, 4) is 0 Å². The Bertz CT molecular complexity index is 480. The molecule has 1 rings (SSSR count). The highest BCUT2D eigenvalue weighted by Gasteiger charge is 2.04. The van der Waals surface area contributed by atoms with E-state index in [-0.39, 0.29) is 17.8 Å².